The molecule has 1 fully saturated rings. The summed E-state index contributed by atoms with van der Waals surface area (Å²) in [7, 11) is 0. The van der Waals surface area contributed by atoms with E-state index in [-0.39, 0.29) is 0 Å². The van der Waals surface area contributed by atoms with Crippen LogP contribution in [0.1, 0.15) is 10.4 Å². The maximum atomic E-state index is 12.6. The molecule has 0 atom stereocenters. The van der Waals surface area contributed by atoms with E-state index in [1.165, 1.54) is 24.8 Å². The summed E-state index contributed by atoms with van der Waals surface area (Å²) >= 11 is 0. The van der Waals surface area contributed by atoms with E-state index in [0.717, 1.165) is 4.68 Å². The van der Waals surface area contributed by atoms with E-state index in [4.69, 9.17) is 4.74 Å². The fourth-order valence-corrected chi connectivity index (χ4v) is 2.70. The molecule has 0 aliphatic carbocycles. The molecule has 26 heavy (non-hydrogen) atoms. The van der Waals surface area contributed by atoms with Crippen molar-refractivity contribution < 1.29 is 9.53 Å². The van der Waals surface area contributed by atoms with E-state index in [2.05, 4.69) is 20.4 Å². The third-order valence-corrected chi connectivity index (χ3v) is 4.09. The van der Waals surface area contributed by atoms with E-state index >= 15 is 0 Å². The normalized spacial score (nSPS) is 14.4. The fourth-order valence-electron chi connectivity index (χ4n) is 2.70. The summed E-state index contributed by atoms with van der Waals surface area (Å²) < 4.78 is 6.45. The number of carbonyl (C=O) groups excluding carboxylic acids is 1. The van der Waals surface area contributed by atoms with Gasteiger partial charge in [-0.15, -0.1) is 0 Å². The summed E-state index contributed by atoms with van der Waals surface area (Å²) in [4.78, 5) is 39.5. The second kappa shape index (κ2) is 6.89. The van der Waals surface area contributed by atoms with Crippen molar-refractivity contribution in [3.05, 3.63) is 58.9 Å². The number of hydrogen-bond donors (Lipinski definition) is 1. The van der Waals surface area contributed by atoms with Gasteiger partial charge in [-0.3, -0.25) is 20.0 Å². The zero-order valence-electron chi connectivity index (χ0n) is 13.8. The molecule has 0 bridgehead atoms. The molecule has 132 valence electrons. The quantitative estimate of drug-likeness (QED) is 0.728. The number of aromatic nitrogens is 4. The number of hydrogen-bond acceptors (Lipinski definition) is 7. The van der Waals surface area contributed by atoms with Gasteiger partial charge in [-0.2, -0.15) is 0 Å². The van der Waals surface area contributed by atoms with Crippen molar-refractivity contribution in [3.63, 3.8) is 0 Å². The predicted molar refractivity (Wildman–Crippen MR) is 94.8 cm³/mol. The molecular formula is C17H16N6O3. The number of nitrogens with one attached hydrogen (secondary N) is 1. The molecule has 0 saturated carbocycles. The van der Waals surface area contributed by atoms with Crippen molar-refractivity contribution >= 4 is 22.8 Å². The number of fused-ring (bicyclic) bond motifs is 1. The molecule has 4 rings (SSSR count). The minimum Gasteiger partial charge on any atom is -0.378 e. The van der Waals surface area contributed by atoms with E-state index < -0.39 is 11.5 Å². The molecule has 0 unspecified atom stereocenters. The molecule has 9 nitrogen and oxygen atoms in total. The molecule has 1 N–H and O–H groups in total. The van der Waals surface area contributed by atoms with Crippen LogP contribution < -0.4 is 15.9 Å². The van der Waals surface area contributed by atoms with Crippen molar-refractivity contribution in [1.82, 2.24) is 19.6 Å². The summed E-state index contributed by atoms with van der Waals surface area (Å²) in [5.41, 5.74) is 3.10. The van der Waals surface area contributed by atoms with E-state index in [1.54, 1.807) is 18.2 Å². The van der Waals surface area contributed by atoms with Crippen molar-refractivity contribution in [3.8, 4) is 0 Å². The van der Waals surface area contributed by atoms with E-state index in [9.17, 15) is 9.59 Å². The molecule has 3 aromatic rings. The van der Waals surface area contributed by atoms with Crippen LogP contribution >= 0.6 is 0 Å². The van der Waals surface area contributed by atoms with Crippen LogP contribution in [0.15, 0.2) is 47.8 Å². The highest BCUT2D eigenvalue weighted by Gasteiger charge is 2.15. The Bertz CT molecular complexity index is 998. The first kappa shape index (κ1) is 16.2. The Morgan fingerprint density at radius 1 is 1.15 bits per heavy atom. The van der Waals surface area contributed by atoms with Gasteiger partial charge in [0.25, 0.3) is 11.5 Å². The largest absolute Gasteiger partial charge is 0.378 e. The summed E-state index contributed by atoms with van der Waals surface area (Å²) in [6.07, 6.45) is 6.00. The average molecular weight is 352 g/mol. The van der Waals surface area contributed by atoms with Crippen LogP contribution in [-0.2, 0) is 4.74 Å². The second-order valence-corrected chi connectivity index (χ2v) is 5.74. The van der Waals surface area contributed by atoms with Crippen LogP contribution in [0, 0.1) is 0 Å². The number of carbonyl (C=O) groups is 1. The fraction of sp³-hybridized carbons (Fsp3) is 0.235. The highest BCUT2D eigenvalue weighted by Crippen LogP contribution is 2.13. The van der Waals surface area contributed by atoms with Crippen molar-refractivity contribution in [2.24, 2.45) is 0 Å². The van der Waals surface area contributed by atoms with Crippen molar-refractivity contribution in [1.29, 1.82) is 0 Å². The zero-order valence-corrected chi connectivity index (χ0v) is 13.8. The molecule has 1 aliphatic rings. The number of pyridine rings is 2. The smallest absolute Gasteiger partial charge is 0.280 e. The highest BCUT2D eigenvalue weighted by atomic mass is 16.5. The lowest BCUT2D eigenvalue weighted by atomic mass is 10.2. The van der Waals surface area contributed by atoms with Gasteiger partial charge in [0.15, 0.2) is 0 Å². The van der Waals surface area contributed by atoms with Gasteiger partial charge in [0, 0.05) is 43.4 Å². The van der Waals surface area contributed by atoms with Crippen LogP contribution in [0.25, 0.3) is 10.9 Å². The highest BCUT2D eigenvalue weighted by molar-refractivity contribution is 5.99. The Hall–Kier alpha value is -3.33. The van der Waals surface area contributed by atoms with Crippen LogP contribution in [0.4, 0.5) is 5.95 Å². The van der Waals surface area contributed by atoms with Crippen LogP contribution in [0.2, 0.25) is 0 Å². The number of rotatable bonds is 3. The number of morpholine rings is 1. The van der Waals surface area contributed by atoms with Gasteiger partial charge < -0.3 is 9.64 Å². The molecule has 0 aromatic carbocycles. The minimum absolute atomic E-state index is 0.333. The molecule has 1 amide bonds. The lowest BCUT2D eigenvalue weighted by molar-refractivity contribution is 0.101. The standard InChI is InChI=1S/C17H16N6O3/c24-15(12-1-4-18-5-2-12)21-23-6-3-14-13(16(23)25)11-19-17(20-14)22-7-9-26-10-8-22/h1-6,11H,7-10H2,(H,21,24). The monoisotopic (exact) mass is 352 g/mol. The molecule has 9 heteroatoms. The Labute approximate surface area is 148 Å². The number of amides is 1. The van der Waals surface area contributed by atoms with Crippen LogP contribution in [-0.4, -0.2) is 51.8 Å². The second-order valence-electron chi connectivity index (χ2n) is 5.74. The first-order chi connectivity index (χ1) is 12.7. The Balaban J connectivity index is 1.63. The van der Waals surface area contributed by atoms with E-state index in [1.807, 2.05) is 4.90 Å². The molecule has 1 aliphatic heterocycles. The minimum atomic E-state index is -0.403. The zero-order chi connectivity index (χ0) is 17.9. The lowest BCUT2D eigenvalue weighted by Gasteiger charge is -2.26. The van der Waals surface area contributed by atoms with Crippen LogP contribution in [0.5, 0.6) is 0 Å². The first-order valence-electron chi connectivity index (χ1n) is 8.15. The van der Waals surface area contributed by atoms with Crippen LogP contribution in [0.3, 0.4) is 0 Å². The van der Waals surface area contributed by atoms with Gasteiger partial charge in [0.05, 0.1) is 24.1 Å². The SMILES string of the molecule is O=C(Nn1ccc2nc(N3CCOCC3)ncc2c1=O)c1ccncc1. The van der Waals surface area contributed by atoms with Crippen molar-refractivity contribution in [2.45, 2.75) is 0 Å². The molecule has 0 spiro atoms. The Kier molecular flexibility index (Phi) is 4.28. The maximum absolute atomic E-state index is 12.6. The summed E-state index contributed by atoms with van der Waals surface area (Å²) in [5, 5.41) is 0.333. The predicted octanol–water partition coefficient (Wildman–Crippen LogP) is 0.407. The lowest BCUT2D eigenvalue weighted by Crippen LogP contribution is -2.37. The van der Waals surface area contributed by atoms with Gasteiger partial charge in [0.1, 0.15) is 0 Å². The van der Waals surface area contributed by atoms with Gasteiger partial charge in [-0.25, -0.2) is 14.6 Å². The maximum Gasteiger partial charge on any atom is 0.280 e. The number of ether oxygens (including phenoxy) is 1. The summed E-state index contributed by atoms with van der Waals surface area (Å²) in [5.74, 6) is 0.165. The number of nitrogens with zero attached hydrogens (tertiary/aromatic N) is 5. The number of anilines is 1. The molecule has 1 saturated heterocycles. The molecular weight excluding hydrogens is 336 g/mol. The van der Waals surface area contributed by atoms with Gasteiger partial charge in [0.2, 0.25) is 5.95 Å². The van der Waals surface area contributed by atoms with Crippen molar-refractivity contribution in [2.75, 3.05) is 36.6 Å². The Morgan fingerprint density at radius 2 is 1.92 bits per heavy atom. The average Bonchev–Trinajstić information content (AvgIpc) is 2.71. The third-order valence-electron chi connectivity index (χ3n) is 4.09. The summed E-state index contributed by atoms with van der Waals surface area (Å²) in [6, 6.07) is 4.81. The topological polar surface area (TPSA) is 102 Å². The summed E-state index contributed by atoms with van der Waals surface area (Å²) in [6.45, 7) is 2.68. The molecule has 4 heterocycles. The molecule has 0 radical (unpaired) electrons. The first-order valence-corrected chi connectivity index (χ1v) is 8.15. The van der Waals surface area contributed by atoms with Gasteiger partial charge in [-0.1, -0.05) is 0 Å². The third kappa shape index (κ3) is 3.11. The van der Waals surface area contributed by atoms with Gasteiger partial charge in [-0.05, 0) is 18.2 Å². The Morgan fingerprint density at radius 3 is 2.69 bits per heavy atom. The molecule has 3 aromatic heterocycles. The van der Waals surface area contributed by atoms with Gasteiger partial charge >= 0.3 is 0 Å². The van der Waals surface area contributed by atoms with E-state index in [0.29, 0.717) is 48.7 Å².